The molecule has 100 valence electrons. The van der Waals surface area contributed by atoms with E-state index in [2.05, 4.69) is 26.1 Å². The predicted octanol–water partition coefficient (Wildman–Crippen LogP) is 3.88. The Labute approximate surface area is 109 Å². The highest BCUT2D eigenvalue weighted by Gasteiger charge is 2.27. The molecule has 0 saturated heterocycles. The summed E-state index contributed by atoms with van der Waals surface area (Å²) in [5.41, 5.74) is 1.54. The molecule has 2 nitrogen and oxygen atoms in total. The molecule has 1 aromatic carbocycles. The lowest BCUT2D eigenvalue weighted by atomic mass is 10.2. The number of nitrogens with one attached hydrogen (secondary N) is 1. The zero-order valence-electron chi connectivity index (χ0n) is 11.7. The van der Waals surface area contributed by atoms with Crippen LogP contribution in [0.15, 0.2) is 18.2 Å². The summed E-state index contributed by atoms with van der Waals surface area (Å²) in [6.45, 7) is 6.28. The van der Waals surface area contributed by atoms with Crippen molar-refractivity contribution in [3.8, 4) is 0 Å². The second-order valence-corrected chi connectivity index (χ2v) is 5.64. The van der Waals surface area contributed by atoms with Gasteiger partial charge in [0.1, 0.15) is 5.82 Å². The molecule has 0 aliphatic heterocycles. The zero-order valence-corrected chi connectivity index (χ0v) is 11.7. The lowest BCUT2D eigenvalue weighted by Gasteiger charge is -2.25. The third-order valence-electron chi connectivity index (χ3n) is 3.83. The maximum Gasteiger partial charge on any atom is 0.148 e. The molecule has 2 rings (SSSR count). The maximum atomic E-state index is 14.0. The van der Waals surface area contributed by atoms with Gasteiger partial charge in [-0.05, 0) is 57.7 Å². The Morgan fingerprint density at radius 1 is 1.28 bits per heavy atom. The van der Waals surface area contributed by atoms with Crippen molar-refractivity contribution in [2.24, 2.45) is 5.92 Å². The summed E-state index contributed by atoms with van der Waals surface area (Å²) in [4.78, 5) is 1.95. The highest BCUT2D eigenvalue weighted by molar-refractivity contribution is 5.56. The molecule has 0 spiro atoms. The van der Waals surface area contributed by atoms with Gasteiger partial charge in [0.2, 0.25) is 0 Å². The Bertz CT molecular complexity index is 413. The zero-order chi connectivity index (χ0) is 13.3. The first-order valence-corrected chi connectivity index (χ1v) is 6.78. The number of hydrogen-bond donors (Lipinski definition) is 1. The Morgan fingerprint density at radius 2 is 1.94 bits per heavy atom. The summed E-state index contributed by atoms with van der Waals surface area (Å²) in [6, 6.07) is 6.17. The molecule has 3 heteroatoms. The van der Waals surface area contributed by atoms with Gasteiger partial charge in [0.15, 0.2) is 0 Å². The number of benzene rings is 1. The number of hydrogen-bond acceptors (Lipinski definition) is 2. The number of rotatable bonds is 5. The van der Waals surface area contributed by atoms with Gasteiger partial charge in [-0.3, -0.25) is 0 Å². The second-order valence-electron chi connectivity index (χ2n) is 5.64. The molecule has 18 heavy (non-hydrogen) atoms. The second kappa shape index (κ2) is 5.17. The van der Waals surface area contributed by atoms with Crippen molar-refractivity contribution in [3.63, 3.8) is 0 Å². The molecule has 1 atom stereocenters. The average Bonchev–Trinajstić information content (AvgIpc) is 3.12. The summed E-state index contributed by atoms with van der Waals surface area (Å²) in [6.07, 6.45) is 2.59. The predicted molar refractivity (Wildman–Crippen MR) is 75.7 cm³/mol. The molecule has 1 unspecified atom stereocenters. The first-order valence-electron chi connectivity index (χ1n) is 6.78. The molecular formula is C15H23FN2. The molecule has 0 heterocycles. The molecule has 0 amide bonds. The molecule has 0 bridgehead atoms. The van der Waals surface area contributed by atoms with Crippen molar-refractivity contribution < 1.29 is 4.39 Å². The van der Waals surface area contributed by atoms with Crippen molar-refractivity contribution in [2.75, 3.05) is 17.3 Å². The van der Waals surface area contributed by atoms with Gasteiger partial charge in [-0.2, -0.15) is 0 Å². The largest absolute Gasteiger partial charge is 0.382 e. The van der Waals surface area contributed by atoms with Crippen LogP contribution in [-0.4, -0.2) is 19.1 Å². The Morgan fingerprint density at radius 3 is 2.44 bits per heavy atom. The molecule has 1 N–H and O–H groups in total. The van der Waals surface area contributed by atoms with Crippen LogP contribution in [0.3, 0.4) is 0 Å². The average molecular weight is 250 g/mol. The highest BCUT2D eigenvalue weighted by atomic mass is 19.1. The van der Waals surface area contributed by atoms with Gasteiger partial charge in [-0.1, -0.05) is 0 Å². The SMILES string of the molecule is CC(Nc1ccc(N(C)C(C)C)c(F)c1)C1CC1. The van der Waals surface area contributed by atoms with E-state index in [0.29, 0.717) is 17.8 Å². The van der Waals surface area contributed by atoms with E-state index in [0.717, 1.165) is 11.6 Å². The molecule has 1 aromatic rings. The fraction of sp³-hybridized carbons (Fsp3) is 0.600. The van der Waals surface area contributed by atoms with Crippen LogP contribution in [0.2, 0.25) is 0 Å². The monoisotopic (exact) mass is 250 g/mol. The molecule has 1 fully saturated rings. The summed E-state index contributed by atoms with van der Waals surface area (Å²) in [5.74, 6) is 0.616. The van der Waals surface area contributed by atoms with Gasteiger partial charge in [-0.25, -0.2) is 4.39 Å². The van der Waals surface area contributed by atoms with E-state index in [1.165, 1.54) is 12.8 Å². The first kappa shape index (κ1) is 13.2. The number of halogens is 1. The van der Waals surface area contributed by atoms with Crippen molar-refractivity contribution in [1.29, 1.82) is 0 Å². The van der Waals surface area contributed by atoms with Gasteiger partial charge in [0.05, 0.1) is 5.69 Å². The summed E-state index contributed by atoms with van der Waals surface area (Å²) >= 11 is 0. The number of anilines is 2. The molecular weight excluding hydrogens is 227 g/mol. The minimum Gasteiger partial charge on any atom is -0.382 e. The third kappa shape index (κ3) is 2.95. The highest BCUT2D eigenvalue weighted by Crippen LogP contribution is 2.34. The summed E-state index contributed by atoms with van der Waals surface area (Å²) in [5, 5.41) is 3.38. The Hall–Kier alpha value is -1.25. The lowest BCUT2D eigenvalue weighted by molar-refractivity contribution is 0.613. The van der Waals surface area contributed by atoms with E-state index < -0.39 is 0 Å². The van der Waals surface area contributed by atoms with Crippen LogP contribution >= 0.6 is 0 Å². The van der Waals surface area contributed by atoms with Crippen LogP contribution in [0.4, 0.5) is 15.8 Å². The number of nitrogens with zero attached hydrogens (tertiary/aromatic N) is 1. The molecule has 1 aliphatic rings. The van der Waals surface area contributed by atoms with Crippen LogP contribution in [-0.2, 0) is 0 Å². The van der Waals surface area contributed by atoms with E-state index >= 15 is 0 Å². The maximum absolute atomic E-state index is 14.0. The van der Waals surface area contributed by atoms with Crippen LogP contribution in [0.5, 0.6) is 0 Å². The van der Waals surface area contributed by atoms with Crippen molar-refractivity contribution in [1.82, 2.24) is 0 Å². The van der Waals surface area contributed by atoms with Gasteiger partial charge in [0, 0.05) is 24.8 Å². The first-order chi connectivity index (χ1) is 8.49. The minimum atomic E-state index is -0.154. The van der Waals surface area contributed by atoms with Crippen molar-refractivity contribution >= 4 is 11.4 Å². The van der Waals surface area contributed by atoms with Gasteiger partial charge in [-0.15, -0.1) is 0 Å². The smallest absolute Gasteiger partial charge is 0.148 e. The lowest BCUT2D eigenvalue weighted by Crippen LogP contribution is -2.26. The van der Waals surface area contributed by atoms with Crippen LogP contribution in [0, 0.1) is 11.7 Å². The molecule has 0 aromatic heterocycles. The van der Waals surface area contributed by atoms with Crippen LogP contribution < -0.4 is 10.2 Å². The minimum absolute atomic E-state index is 0.154. The van der Waals surface area contributed by atoms with Crippen LogP contribution in [0.1, 0.15) is 33.6 Å². The summed E-state index contributed by atoms with van der Waals surface area (Å²) in [7, 11) is 1.92. The molecule has 1 saturated carbocycles. The fourth-order valence-electron chi connectivity index (χ4n) is 2.14. The van der Waals surface area contributed by atoms with E-state index in [1.54, 1.807) is 6.07 Å². The molecule has 0 radical (unpaired) electrons. The van der Waals surface area contributed by atoms with Gasteiger partial charge >= 0.3 is 0 Å². The molecule has 1 aliphatic carbocycles. The van der Waals surface area contributed by atoms with E-state index in [9.17, 15) is 4.39 Å². The van der Waals surface area contributed by atoms with Crippen molar-refractivity contribution in [3.05, 3.63) is 24.0 Å². The Kier molecular flexibility index (Phi) is 3.79. The fourth-order valence-corrected chi connectivity index (χ4v) is 2.14. The van der Waals surface area contributed by atoms with E-state index in [1.807, 2.05) is 24.1 Å². The van der Waals surface area contributed by atoms with E-state index in [-0.39, 0.29) is 5.82 Å². The Balaban J connectivity index is 2.08. The van der Waals surface area contributed by atoms with Crippen molar-refractivity contribution in [2.45, 2.75) is 45.7 Å². The van der Waals surface area contributed by atoms with Gasteiger partial charge in [0.25, 0.3) is 0 Å². The topological polar surface area (TPSA) is 15.3 Å². The summed E-state index contributed by atoms with van der Waals surface area (Å²) < 4.78 is 14.0. The van der Waals surface area contributed by atoms with Gasteiger partial charge < -0.3 is 10.2 Å². The third-order valence-corrected chi connectivity index (χ3v) is 3.83. The normalized spacial score (nSPS) is 16.8. The standard InChI is InChI=1S/C15H23FN2/c1-10(2)18(4)15-8-7-13(9-14(15)16)17-11(3)12-5-6-12/h7-12,17H,5-6H2,1-4H3. The van der Waals surface area contributed by atoms with E-state index in [4.69, 9.17) is 0 Å². The van der Waals surface area contributed by atoms with Crippen LogP contribution in [0.25, 0.3) is 0 Å². The quantitative estimate of drug-likeness (QED) is 0.853.